The van der Waals surface area contributed by atoms with Gasteiger partial charge < -0.3 is 4.90 Å². The monoisotopic (exact) mass is 325 g/mol. The van der Waals surface area contributed by atoms with Gasteiger partial charge in [-0.05, 0) is 36.6 Å². The lowest BCUT2D eigenvalue weighted by atomic mass is 10.2. The predicted molar refractivity (Wildman–Crippen MR) is 93.3 cm³/mol. The van der Waals surface area contributed by atoms with Crippen LogP contribution in [-0.2, 0) is 17.8 Å². The number of amides is 1. The lowest BCUT2D eigenvalue weighted by Crippen LogP contribution is -2.26. The molecule has 0 aliphatic carbocycles. The maximum atomic E-state index is 12.2. The molecule has 0 saturated carbocycles. The van der Waals surface area contributed by atoms with Gasteiger partial charge in [0.05, 0.1) is 15.2 Å². The molecule has 0 saturated heterocycles. The molecule has 3 rings (SSSR count). The third kappa shape index (κ3) is 4.13. The van der Waals surface area contributed by atoms with Gasteiger partial charge >= 0.3 is 0 Å². The number of aryl methyl sites for hydroxylation is 1. The van der Waals surface area contributed by atoms with E-state index in [0.717, 1.165) is 28.9 Å². The Hall–Kier alpha value is -2.27. The number of thiazole rings is 1. The zero-order valence-electron chi connectivity index (χ0n) is 13.1. The average molecular weight is 325 g/mol. The topological polar surface area (TPSA) is 46.1 Å². The van der Waals surface area contributed by atoms with Crippen molar-refractivity contribution < 1.29 is 4.79 Å². The summed E-state index contributed by atoms with van der Waals surface area (Å²) in [6.45, 7) is 0.605. The number of carbonyl (C=O) groups is 1. The zero-order valence-corrected chi connectivity index (χ0v) is 13.9. The van der Waals surface area contributed by atoms with Gasteiger partial charge in [0.1, 0.15) is 0 Å². The summed E-state index contributed by atoms with van der Waals surface area (Å²) in [5.74, 6) is 0.162. The fourth-order valence-electron chi connectivity index (χ4n) is 2.46. The van der Waals surface area contributed by atoms with Crippen LogP contribution in [0.5, 0.6) is 0 Å². The number of aromatic nitrogens is 2. The summed E-state index contributed by atoms with van der Waals surface area (Å²) in [6, 6.07) is 12.0. The van der Waals surface area contributed by atoms with Crippen LogP contribution in [0.4, 0.5) is 0 Å². The van der Waals surface area contributed by atoms with Crippen LogP contribution in [0.1, 0.15) is 23.4 Å². The Kier molecular flexibility index (Phi) is 4.98. The van der Waals surface area contributed by atoms with E-state index in [1.807, 2.05) is 37.4 Å². The summed E-state index contributed by atoms with van der Waals surface area (Å²) < 4.78 is 1.21. The Morgan fingerprint density at radius 2 is 2.09 bits per heavy atom. The van der Waals surface area contributed by atoms with Crippen molar-refractivity contribution in [3.8, 4) is 0 Å². The van der Waals surface area contributed by atoms with Crippen molar-refractivity contribution in [2.24, 2.45) is 0 Å². The molecule has 0 spiro atoms. The molecule has 1 amide bonds. The average Bonchev–Trinajstić information content (AvgIpc) is 2.98. The first kappa shape index (κ1) is 15.6. The van der Waals surface area contributed by atoms with Gasteiger partial charge in [-0.3, -0.25) is 9.78 Å². The molecule has 0 bridgehead atoms. The number of benzene rings is 1. The van der Waals surface area contributed by atoms with Crippen LogP contribution in [0, 0.1) is 0 Å². The van der Waals surface area contributed by atoms with E-state index in [4.69, 9.17) is 0 Å². The Morgan fingerprint density at radius 1 is 1.22 bits per heavy atom. The van der Waals surface area contributed by atoms with E-state index in [2.05, 4.69) is 16.0 Å². The Bertz CT molecular complexity index is 752. The van der Waals surface area contributed by atoms with Crippen molar-refractivity contribution in [3.05, 3.63) is 59.4 Å². The minimum absolute atomic E-state index is 0.162. The SMILES string of the molecule is CN(Cc1cccnc1)C(=O)CCCc1nc2ccccc2s1. The van der Waals surface area contributed by atoms with Gasteiger partial charge in [0.2, 0.25) is 5.91 Å². The third-order valence-electron chi connectivity index (χ3n) is 3.69. The number of carbonyl (C=O) groups excluding carboxylic acids is 1. The van der Waals surface area contributed by atoms with Gasteiger partial charge in [0.25, 0.3) is 0 Å². The molecule has 5 heteroatoms. The molecule has 0 fully saturated rings. The van der Waals surface area contributed by atoms with E-state index >= 15 is 0 Å². The summed E-state index contributed by atoms with van der Waals surface area (Å²) in [5, 5.41) is 1.11. The second-order valence-corrected chi connectivity index (χ2v) is 6.66. The second kappa shape index (κ2) is 7.33. The quantitative estimate of drug-likeness (QED) is 0.694. The fourth-order valence-corrected chi connectivity index (χ4v) is 3.47. The van der Waals surface area contributed by atoms with Crippen LogP contribution >= 0.6 is 11.3 Å². The second-order valence-electron chi connectivity index (χ2n) is 5.54. The van der Waals surface area contributed by atoms with E-state index < -0.39 is 0 Å². The highest BCUT2D eigenvalue weighted by Gasteiger charge is 2.10. The Balaban J connectivity index is 1.48. The van der Waals surface area contributed by atoms with Crippen LogP contribution < -0.4 is 0 Å². The first-order valence-electron chi connectivity index (χ1n) is 7.70. The van der Waals surface area contributed by atoms with Gasteiger partial charge in [-0.1, -0.05) is 18.2 Å². The molecule has 23 heavy (non-hydrogen) atoms. The molecular weight excluding hydrogens is 306 g/mol. The minimum atomic E-state index is 0.162. The van der Waals surface area contributed by atoms with Gasteiger partial charge in [-0.25, -0.2) is 4.98 Å². The molecule has 3 aromatic rings. The molecule has 118 valence electrons. The lowest BCUT2D eigenvalue weighted by Gasteiger charge is -2.16. The fraction of sp³-hybridized carbons (Fsp3) is 0.278. The van der Waals surface area contributed by atoms with E-state index in [-0.39, 0.29) is 5.91 Å². The zero-order chi connectivity index (χ0) is 16.1. The molecule has 2 aromatic heterocycles. The number of pyridine rings is 1. The first-order valence-corrected chi connectivity index (χ1v) is 8.51. The smallest absolute Gasteiger partial charge is 0.222 e. The van der Waals surface area contributed by atoms with Crippen LogP contribution in [-0.4, -0.2) is 27.8 Å². The number of rotatable bonds is 6. The summed E-state index contributed by atoms with van der Waals surface area (Å²) in [6.07, 6.45) is 5.77. The highest BCUT2D eigenvalue weighted by Crippen LogP contribution is 2.22. The van der Waals surface area contributed by atoms with Gasteiger partial charge in [-0.15, -0.1) is 11.3 Å². The van der Waals surface area contributed by atoms with E-state index in [1.165, 1.54) is 4.70 Å². The molecule has 0 atom stereocenters. The molecule has 0 aliphatic rings. The van der Waals surface area contributed by atoms with Crippen molar-refractivity contribution in [3.63, 3.8) is 0 Å². The highest BCUT2D eigenvalue weighted by molar-refractivity contribution is 7.18. The maximum Gasteiger partial charge on any atom is 0.222 e. The van der Waals surface area contributed by atoms with E-state index in [1.54, 1.807) is 28.6 Å². The number of hydrogen-bond acceptors (Lipinski definition) is 4. The predicted octanol–water partition coefficient (Wildman–Crippen LogP) is 3.67. The van der Waals surface area contributed by atoms with Crippen molar-refractivity contribution in [1.29, 1.82) is 0 Å². The van der Waals surface area contributed by atoms with Crippen LogP contribution in [0.2, 0.25) is 0 Å². The van der Waals surface area contributed by atoms with Crippen molar-refractivity contribution in [1.82, 2.24) is 14.9 Å². The van der Waals surface area contributed by atoms with E-state index in [9.17, 15) is 4.79 Å². The molecule has 1 aromatic carbocycles. The van der Waals surface area contributed by atoms with Crippen molar-refractivity contribution in [2.75, 3.05) is 7.05 Å². The molecule has 0 radical (unpaired) electrons. The Labute approximate surface area is 139 Å². The summed E-state index contributed by atoms with van der Waals surface area (Å²) >= 11 is 1.72. The lowest BCUT2D eigenvalue weighted by molar-refractivity contribution is -0.130. The van der Waals surface area contributed by atoms with Gasteiger partial charge in [0, 0.05) is 32.4 Å². The molecule has 0 N–H and O–H groups in total. The molecule has 4 nitrogen and oxygen atoms in total. The van der Waals surface area contributed by atoms with Crippen LogP contribution in [0.3, 0.4) is 0 Å². The standard InChI is InChI=1S/C18H19N3OS/c1-21(13-14-6-5-11-19-12-14)18(22)10-4-9-17-20-15-7-2-3-8-16(15)23-17/h2-3,5-8,11-12H,4,9-10,13H2,1H3. The van der Waals surface area contributed by atoms with E-state index in [0.29, 0.717) is 13.0 Å². The summed E-state index contributed by atoms with van der Waals surface area (Å²) in [5.41, 5.74) is 2.10. The number of para-hydroxylation sites is 1. The molecule has 0 aliphatic heterocycles. The summed E-state index contributed by atoms with van der Waals surface area (Å²) in [7, 11) is 1.84. The summed E-state index contributed by atoms with van der Waals surface area (Å²) in [4.78, 5) is 22.6. The Morgan fingerprint density at radius 3 is 2.87 bits per heavy atom. The largest absolute Gasteiger partial charge is 0.341 e. The number of nitrogens with zero attached hydrogens (tertiary/aromatic N) is 3. The van der Waals surface area contributed by atoms with Crippen LogP contribution in [0.15, 0.2) is 48.8 Å². The molecular formula is C18H19N3OS. The third-order valence-corrected chi connectivity index (χ3v) is 4.78. The van der Waals surface area contributed by atoms with Gasteiger partial charge in [0.15, 0.2) is 0 Å². The van der Waals surface area contributed by atoms with Crippen LogP contribution in [0.25, 0.3) is 10.2 Å². The molecule has 2 heterocycles. The minimum Gasteiger partial charge on any atom is -0.341 e. The first-order chi connectivity index (χ1) is 11.2. The molecule has 0 unspecified atom stereocenters. The highest BCUT2D eigenvalue weighted by atomic mass is 32.1. The maximum absolute atomic E-state index is 12.2. The number of fused-ring (bicyclic) bond motifs is 1. The van der Waals surface area contributed by atoms with Gasteiger partial charge in [-0.2, -0.15) is 0 Å². The van der Waals surface area contributed by atoms with Crippen molar-refractivity contribution in [2.45, 2.75) is 25.8 Å². The number of hydrogen-bond donors (Lipinski definition) is 0. The normalized spacial score (nSPS) is 10.8. The van der Waals surface area contributed by atoms with Crippen molar-refractivity contribution >= 4 is 27.5 Å².